The van der Waals surface area contributed by atoms with Crippen molar-refractivity contribution in [3.05, 3.63) is 62.9 Å². The van der Waals surface area contributed by atoms with Gasteiger partial charge in [-0.25, -0.2) is 4.90 Å². The maximum atomic E-state index is 13.3. The van der Waals surface area contributed by atoms with Crippen LogP contribution >= 0.6 is 27.7 Å². The standard InChI is InChI=1S/C24H25BrN4O3S/c1-4-6-13-33-24-26-22(31)21-17-9-7-8-10-20(17)28(15(3)30)23(29(21)27-24)18-14-16(32-5-2)11-12-19(18)25/h7-12,14,23H,4-6,13H2,1-3H3/p+1. The molecule has 1 atom stereocenters. The Morgan fingerprint density at radius 1 is 1.27 bits per heavy atom. The number of hydrogen-bond acceptors (Lipinski definition) is 5. The monoisotopic (exact) mass is 529 g/mol. The first-order valence-electron chi connectivity index (χ1n) is 11.0. The van der Waals surface area contributed by atoms with Gasteiger partial charge in [-0.1, -0.05) is 53.2 Å². The summed E-state index contributed by atoms with van der Waals surface area (Å²) in [4.78, 5) is 30.9. The fourth-order valence-corrected chi connectivity index (χ4v) is 5.34. The minimum atomic E-state index is -0.657. The number of amides is 1. The summed E-state index contributed by atoms with van der Waals surface area (Å²) in [5.41, 5.74) is 2.30. The maximum Gasteiger partial charge on any atom is 0.325 e. The van der Waals surface area contributed by atoms with Crippen LogP contribution in [0.3, 0.4) is 0 Å². The van der Waals surface area contributed by atoms with E-state index in [0.717, 1.165) is 28.6 Å². The SMILES string of the molecule is CCCCSc1n[n+]2c(c(=O)[nH]1)-c1ccccc1N(C(C)=O)C2c1cc(OCC)ccc1Br. The first-order valence-corrected chi connectivity index (χ1v) is 12.7. The van der Waals surface area contributed by atoms with Crippen LogP contribution in [0.25, 0.3) is 11.3 Å². The number of halogens is 1. The van der Waals surface area contributed by atoms with Gasteiger partial charge < -0.3 is 4.74 Å². The van der Waals surface area contributed by atoms with Crippen molar-refractivity contribution in [3.63, 3.8) is 0 Å². The number of anilines is 1. The third-order valence-corrected chi connectivity index (χ3v) is 7.06. The van der Waals surface area contributed by atoms with Crippen LogP contribution in [-0.2, 0) is 4.79 Å². The number of thioether (sulfide) groups is 1. The number of carbonyl (C=O) groups excluding carboxylic acids is 1. The van der Waals surface area contributed by atoms with E-state index in [2.05, 4.69) is 27.8 Å². The van der Waals surface area contributed by atoms with Gasteiger partial charge in [0.1, 0.15) is 5.75 Å². The van der Waals surface area contributed by atoms with Crippen LogP contribution in [0.2, 0.25) is 0 Å². The molecule has 9 heteroatoms. The molecule has 33 heavy (non-hydrogen) atoms. The molecule has 1 aliphatic heterocycles. The van der Waals surface area contributed by atoms with Gasteiger partial charge in [0.05, 0.1) is 23.4 Å². The number of nitrogens with zero attached hydrogens (tertiary/aromatic N) is 3. The molecular formula is C24H26BrN4O3S+. The molecule has 0 aliphatic carbocycles. The van der Waals surface area contributed by atoms with E-state index in [1.807, 2.05) is 49.4 Å². The lowest BCUT2D eigenvalue weighted by Gasteiger charge is -2.31. The van der Waals surface area contributed by atoms with Crippen LogP contribution in [0.15, 0.2) is 56.9 Å². The van der Waals surface area contributed by atoms with Crippen molar-refractivity contribution in [2.45, 2.75) is 44.9 Å². The number of carbonyl (C=O) groups is 1. The van der Waals surface area contributed by atoms with Gasteiger partial charge in [0, 0.05) is 22.2 Å². The number of ether oxygens (including phenoxy) is 1. The largest absolute Gasteiger partial charge is 0.494 e. The van der Waals surface area contributed by atoms with Crippen molar-refractivity contribution in [2.75, 3.05) is 17.3 Å². The molecule has 1 aromatic heterocycles. The third kappa shape index (κ3) is 4.56. The number of aromatic nitrogens is 3. The minimum absolute atomic E-state index is 0.151. The van der Waals surface area contributed by atoms with Crippen molar-refractivity contribution in [2.24, 2.45) is 0 Å². The molecule has 0 radical (unpaired) electrons. The fourth-order valence-electron chi connectivity index (χ4n) is 3.95. The highest BCUT2D eigenvalue weighted by Crippen LogP contribution is 2.39. The minimum Gasteiger partial charge on any atom is -0.494 e. The molecule has 0 fully saturated rings. The number of benzene rings is 2. The molecule has 2 heterocycles. The first kappa shape index (κ1) is 23.5. The van der Waals surface area contributed by atoms with E-state index in [0.29, 0.717) is 34.5 Å². The van der Waals surface area contributed by atoms with Crippen LogP contribution < -0.4 is 19.9 Å². The highest BCUT2D eigenvalue weighted by molar-refractivity contribution is 9.10. The number of rotatable bonds is 7. The van der Waals surface area contributed by atoms with Crippen LogP contribution in [0.4, 0.5) is 5.69 Å². The molecule has 1 amide bonds. The Labute approximate surface area is 205 Å². The molecular weight excluding hydrogens is 504 g/mol. The Balaban J connectivity index is 1.99. The normalized spacial score (nSPS) is 14.5. The van der Waals surface area contributed by atoms with Crippen LogP contribution in [0.5, 0.6) is 5.75 Å². The number of hydrogen-bond donors (Lipinski definition) is 1. The highest BCUT2D eigenvalue weighted by Gasteiger charge is 2.45. The van der Waals surface area contributed by atoms with Crippen LogP contribution in [0.1, 0.15) is 45.3 Å². The van der Waals surface area contributed by atoms with E-state index >= 15 is 0 Å². The molecule has 0 saturated heterocycles. The summed E-state index contributed by atoms with van der Waals surface area (Å²) in [5.74, 6) is 1.38. The van der Waals surface area contributed by atoms with Gasteiger partial charge in [-0.2, -0.15) is 0 Å². The van der Waals surface area contributed by atoms with Gasteiger partial charge in [0.2, 0.25) is 11.1 Å². The maximum absolute atomic E-state index is 13.3. The molecule has 0 spiro atoms. The topological polar surface area (TPSA) is 79.2 Å². The lowest BCUT2D eigenvalue weighted by molar-refractivity contribution is -0.763. The fraction of sp³-hybridized carbons (Fsp3) is 0.333. The summed E-state index contributed by atoms with van der Waals surface area (Å²) in [5, 5.41) is 5.35. The quantitative estimate of drug-likeness (QED) is 0.273. The number of para-hydroxylation sites is 1. The first-order chi connectivity index (χ1) is 16.0. The van der Waals surface area contributed by atoms with Crippen LogP contribution in [-0.4, -0.2) is 28.3 Å². The van der Waals surface area contributed by atoms with Crippen LogP contribution in [0, 0.1) is 0 Å². The molecule has 1 aliphatic rings. The zero-order valence-electron chi connectivity index (χ0n) is 18.8. The van der Waals surface area contributed by atoms with Crippen molar-refractivity contribution in [1.82, 2.24) is 10.1 Å². The van der Waals surface area contributed by atoms with Crippen molar-refractivity contribution in [3.8, 4) is 17.0 Å². The third-order valence-electron chi connectivity index (χ3n) is 5.39. The van der Waals surface area contributed by atoms with Gasteiger partial charge in [0.25, 0.3) is 6.17 Å². The summed E-state index contributed by atoms with van der Waals surface area (Å²) in [6, 6.07) is 13.1. The second kappa shape index (κ2) is 10.1. The van der Waals surface area contributed by atoms with E-state index in [1.165, 1.54) is 18.7 Å². The number of fused-ring (bicyclic) bond motifs is 3. The number of nitrogens with one attached hydrogen (secondary N) is 1. The summed E-state index contributed by atoms with van der Waals surface area (Å²) in [6.07, 6.45) is 1.42. The molecule has 172 valence electrons. The number of aromatic amines is 1. The molecule has 0 saturated carbocycles. The zero-order valence-corrected chi connectivity index (χ0v) is 21.2. The molecule has 4 rings (SSSR count). The Hall–Kier alpha value is -2.65. The summed E-state index contributed by atoms with van der Waals surface area (Å²) in [6.45, 7) is 6.09. The van der Waals surface area contributed by atoms with E-state index in [-0.39, 0.29) is 11.5 Å². The Kier molecular flexibility index (Phi) is 7.19. The molecule has 3 aromatic rings. The van der Waals surface area contributed by atoms with Gasteiger partial charge in [-0.05, 0) is 48.4 Å². The Morgan fingerprint density at radius 3 is 2.79 bits per heavy atom. The van der Waals surface area contributed by atoms with Gasteiger partial charge >= 0.3 is 11.3 Å². The second-order valence-corrected chi connectivity index (χ2v) is 9.59. The second-order valence-electron chi connectivity index (χ2n) is 7.65. The molecule has 0 bridgehead atoms. The highest BCUT2D eigenvalue weighted by atomic mass is 79.9. The molecule has 1 N–H and O–H groups in total. The number of unbranched alkanes of at least 4 members (excludes halogenated alkanes) is 1. The van der Waals surface area contributed by atoms with E-state index < -0.39 is 6.17 Å². The molecule has 1 unspecified atom stereocenters. The lowest BCUT2D eigenvalue weighted by atomic mass is 10.0. The summed E-state index contributed by atoms with van der Waals surface area (Å²) in [7, 11) is 0. The predicted molar refractivity (Wildman–Crippen MR) is 133 cm³/mol. The Bertz CT molecular complexity index is 1250. The number of H-pyrrole nitrogens is 1. The lowest BCUT2D eigenvalue weighted by Crippen LogP contribution is -2.60. The van der Waals surface area contributed by atoms with Crippen molar-refractivity contribution >= 4 is 39.3 Å². The average molecular weight is 530 g/mol. The van der Waals surface area contributed by atoms with E-state index in [1.54, 1.807) is 9.58 Å². The predicted octanol–water partition coefficient (Wildman–Crippen LogP) is 4.69. The Morgan fingerprint density at radius 2 is 2.06 bits per heavy atom. The van der Waals surface area contributed by atoms with Crippen molar-refractivity contribution < 1.29 is 14.2 Å². The zero-order chi connectivity index (χ0) is 23.5. The van der Waals surface area contributed by atoms with Gasteiger partial charge in [-0.15, -0.1) is 0 Å². The molecule has 7 nitrogen and oxygen atoms in total. The summed E-state index contributed by atoms with van der Waals surface area (Å²) >= 11 is 5.16. The average Bonchev–Trinajstić information content (AvgIpc) is 2.79. The molecule has 2 aromatic carbocycles. The van der Waals surface area contributed by atoms with Gasteiger partial charge in [0.15, 0.2) is 0 Å². The van der Waals surface area contributed by atoms with E-state index in [4.69, 9.17) is 9.84 Å². The summed E-state index contributed by atoms with van der Waals surface area (Å²) < 4.78 is 8.20. The van der Waals surface area contributed by atoms with Crippen molar-refractivity contribution in [1.29, 1.82) is 0 Å². The smallest absolute Gasteiger partial charge is 0.325 e. The van der Waals surface area contributed by atoms with Gasteiger partial charge in [-0.3, -0.25) is 14.6 Å². The van der Waals surface area contributed by atoms with E-state index in [9.17, 15) is 9.59 Å².